The van der Waals surface area contributed by atoms with Gasteiger partial charge in [-0.25, -0.2) is 9.18 Å². The van der Waals surface area contributed by atoms with E-state index in [0.29, 0.717) is 31.5 Å². The van der Waals surface area contributed by atoms with Gasteiger partial charge in [0.2, 0.25) is 0 Å². The van der Waals surface area contributed by atoms with Crippen LogP contribution in [0, 0.1) is 5.82 Å². The number of hydrogen-bond acceptors (Lipinski definition) is 3. The molecular weight excluding hydrogens is 342 g/mol. The number of rotatable bonds is 2. The maximum Gasteiger partial charge on any atom is 0.419 e. The SMILES string of the molecule is CC(C)(C)OC(=O)N1CCC[C@@H]1[C@H](O)c1ccc(C(F)(F)F)c(F)c1. The zero-order chi connectivity index (χ0) is 19.0. The Bertz CT molecular complexity index is 640. The van der Waals surface area contributed by atoms with Crippen molar-refractivity contribution in [1.29, 1.82) is 0 Å². The number of halogens is 4. The molecule has 1 aliphatic rings. The predicted octanol–water partition coefficient (Wildman–Crippen LogP) is 4.28. The number of aliphatic hydroxyl groups excluding tert-OH is 1. The summed E-state index contributed by atoms with van der Waals surface area (Å²) in [5.41, 5.74) is -2.11. The first-order valence-electron chi connectivity index (χ1n) is 7.94. The molecule has 0 radical (unpaired) electrons. The summed E-state index contributed by atoms with van der Waals surface area (Å²) >= 11 is 0. The second-order valence-electron chi connectivity index (χ2n) is 7.07. The molecule has 2 rings (SSSR count). The van der Waals surface area contributed by atoms with Gasteiger partial charge in [0.15, 0.2) is 0 Å². The maximum atomic E-state index is 13.7. The highest BCUT2D eigenvalue weighted by Gasteiger charge is 2.38. The number of ether oxygens (including phenoxy) is 1. The van der Waals surface area contributed by atoms with E-state index in [1.807, 2.05) is 0 Å². The van der Waals surface area contributed by atoms with E-state index in [1.165, 1.54) is 4.90 Å². The van der Waals surface area contributed by atoms with Crippen LogP contribution in [0.5, 0.6) is 0 Å². The highest BCUT2D eigenvalue weighted by atomic mass is 19.4. The molecule has 4 nitrogen and oxygen atoms in total. The van der Waals surface area contributed by atoms with E-state index in [9.17, 15) is 27.5 Å². The topological polar surface area (TPSA) is 49.8 Å². The number of carbonyl (C=O) groups is 1. The molecule has 8 heteroatoms. The van der Waals surface area contributed by atoms with Crippen molar-refractivity contribution in [2.45, 2.75) is 57.5 Å². The normalized spacial score (nSPS) is 19.8. The molecular formula is C17H21F4NO3. The summed E-state index contributed by atoms with van der Waals surface area (Å²) in [5.74, 6) is -1.45. The number of likely N-dealkylation sites (tertiary alicyclic amines) is 1. The van der Waals surface area contributed by atoms with Crippen LogP contribution in [0.15, 0.2) is 18.2 Å². The van der Waals surface area contributed by atoms with Crippen molar-refractivity contribution in [3.8, 4) is 0 Å². The minimum Gasteiger partial charge on any atom is -0.444 e. The summed E-state index contributed by atoms with van der Waals surface area (Å²) in [6, 6.07) is 1.62. The zero-order valence-electron chi connectivity index (χ0n) is 14.2. The van der Waals surface area contributed by atoms with E-state index in [2.05, 4.69) is 0 Å². The summed E-state index contributed by atoms with van der Waals surface area (Å²) in [5, 5.41) is 10.5. The lowest BCUT2D eigenvalue weighted by molar-refractivity contribution is -0.140. The number of alkyl halides is 3. The summed E-state index contributed by atoms with van der Waals surface area (Å²) in [6.07, 6.45) is -5.65. The molecule has 2 atom stereocenters. The summed E-state index contributed by atoms with van der Waals surface area (Å²) < 4.78 is 56.9. The minimum atomic E-state index is -4.80. The lowest BCUT2D eigenvalue weighted by Crippen LogP contribution is -2.42. The highest BCUT2D eigenvalue weighted by molar-refractivity contribution is 5.69. The largest absolute Gasteiger partial charge is 0.444 e. The number of aliphatic hydroxyl groups is 1. The fraction of sp³-hybridized carbons (Fsp3) is 0.588. The Kier molecular flexibility index (Phi) is 5.32. The number of carbonyl (C=O) groups excluding carboxylic acids is 1. The Balaban J connectivity index is 2.20. The number of nitrogens with zero attached hydrogens (tertiary/aromatic N) is 1. The van der Waals surface area contributed by atoms with Crippen LogP contribution in [0.2, 0.25) is 0 Å². The molecule has 1 fully saturated rings. The van der Waals surface area contributed by atoms with Gasteiger partial charge in [0.25, 0.3) is 0 Å². The summed E-state index contributed by atoms with van der Waals surface area (Å²) in [4.78, 5) is 13.6. The molecule has 1 aromatic rings. The number of hydrogen-bond donors (Lipinski definition) is 1. The van der Waals surface area contributed by atoms with Gasteiger partial charge < -0.3 is 14.7 Å². The standard InChI is InChI=1S/C17H21F4NO3/c1-16(2,3)25-15(24)22-8-4-5-13(22)14(23)10-6-7-11(12(18)9-10)17(19,20)21/h6-7,9,13-14,23H,4-5,8H2,1-3H3/t13-,14-/m1/s1. The molecule has 1 saturated heterocycles. The monoisotopic (exact) mass is 363 g/mol. The molecule has 1 aliphatic heterocycles. The van der Waals surface area contributed by atoms with E-state index in [4.69, 9.17) is 4.74 Å². The third-order valence-corrected chi connectivity index (χ3v) is 3.93. The molecule has 0 aliphatic carbocycles. The van der Waals surface area contributed by atoms with Crippen molar-refractivity contribution >= 4 is 6.09 Å². The first-order chi connectivity index (χ1) is 11.4. The first-order valence-corrected chi connectivity index (χ1v) is 7.94. The average Bonchev–Trinajstić information content (AvgIpc) is 2.92. The second kappa shape index (κ2) is 6.82. The van der Waals surface area contributed by atoms with Gasteiger partial charge in [0.1, 0.15) is 11.4 Å². The van der Waals surface area contributed by atoms with Crippen molar-refractivity contribution in [2.75, 3.05) is 6.54 Å². The fourth-order valence-corrected chi connectivity index (χ4v) is 2.84. The molecule has 0 unspecified atom stereocenters. The van der Waals surface area contributed by atoms with E-state index in [1.54, 1.807) is 20.8 Å². The molecule has 1 aromatic carbocycles. The van der Waals surface area contributed by atoms with Gasteiger partial charge in [-0.05, 0) is 51.3 Å². The van der Waals surface area contributed by atoms with Crippen LogP contribution in [-0.4, -0.2) is 34.3 Å². The van der Waals surface area contributed by atoms with E-state index < -0.39 is 41.4 Å². The van der Waals surface area contributed by atoms with Crippen LogP contribution < -0.4 is 0 Å². The van der Waals surface area contributed by atoms with E-state index in [0.717, 1.165) is 6.07 Å². The lowest BCUT2D eigenvalue weighted by Gasteiger charge is -2.31. The van der Waals surface area contributed by atoms with E-state index in [-0.39, 0.29) is 5.56 Å². The Hall–Kier alpha value is -1.83. The molecule has 1 amide bonds. The van der Waals surface area contributed by atoms with Gasteiger partial charge in [-0.1, -0.05) is 6.07 Å². The summed E-state index contributed by atoms with van der Waals surface area (Å²) in [6.45, 7) is 5.48. The third-order valence-electron chi connectivity index (χ3n) is 3.93. The Morgan fingerprint density at radius 3 is 2.48 bits per heavy atom. The van der Waals surface area contributed by atoms with Crippen molar-refractivity contribution < 1.29 is 32.2 Å². The Morgan fingerprint density at radius 1 is 1.32 bits per heavy atom. The van der Waals surface area contributed by atoms with Crippen LogP contribution in [0.4, 0.5) is 22.4 Å². The van der Waals surface area contributed by atoms with Crippen molar-refractivity contribution in [3.05, 3.63) is 35.1 Å². The van der Waals surface area contributed by atoms with Crippen LogP contribution in [0.25, 0.3) is 0 Å². The van der Waals surface area contributed by atoms with Crippen molar-refractivity contribution in [3.63, 3.8) is 0 Å². The summed E-state index contributed by atoms with van der Waals surface area (Å²) in [7, 11) is 0. The Labute approximate surface area is 143 Å². The molecule has 0 spiro atoms. The van der Waals surface area contributed by atoms with Gasteiger partial charge >= 0.3 is 12.3 Å². The van der Waals surface area contributed by atoms with Crippen molar-refractivity contribution in [2.24, 2.45) is 0 Å². The lowest BCUT2D eigenvalue weighted by atomic mass is 9.99. The van der Waals surface area contributed by atoms with Gasteiger partial charge in [0.05, 0.1) is 17.7 Å². The smallest absolute Gasteiger partial charge is 0.419 e. The first kappa shape index (κ1) is 19.5. The average molecular weight is 363 g/mol. The predicted molar refractivity (Wildman–Crippen MR) is 82.3 cm³/mol. The van der Waals surface area contributed by atoms with Crippen molar-refractivity contribution in [1.82, 2.24) is 4.90 Å². The molecule has 0 bridgehead atoms. The van der Waals surface area contributed by atoms with Gasteiger partial charge in [0, 0.05) is 6.54 Å². The molecule has 0 saturated carbocycles. The quantitative estimate of drug-likeness (QED) is 0.798. The Morgan fingerprint density at radius 2 is 1.96 bits per heavy atom. The van der Waals surface area contributed by atoms with Crippen LogP contribution in [-0.2, 0) is 10.9 Å². The zero-order valence-corrected chi connectivity index (χ0v) is 14.2. The number of benzene rings is 1. The molecule has 1 N–H and O–H groups in total. The van der Waals surface area contributed by atoms with Crippen LogP contribution in [0.1, 0.15) is 50.8 Å². The minimum absolute atomic E-state index is 0.00837. The third kappa shape index (κ3) is 4.62. The molecule has 1 heterocycles. The maximum absolute atomic E-state index is 13.7. The highest BCUT2D eigenvalue weighted by Crippen LogP contribution is 2.35. The van der Waals surface area contributed by atoms with Gasteiger partial charge in [-0.3, -0.25) is 0 Å². The van der Waals surface area contributed by atoms with Gasteiger partial charge in [-0.15, -0.1) is 0 Å². The fourth-order valence-electron chi connectivity index (χ4n) is 2.84. The van der Waals surface area contributed by atoms with E-state index >= 15 is 0 Å². The molecule has 25 heavy (non-hydrogen) atoms. The number of amides is 1. The second-order valence-corrected chi connectivity index (χ2v) is 7.07. The molecule has 140 valence electrons. The van der Waals surface area contributed by atoms with Crippen LogP contribution in [0.3, 0.4) is 0 Å². The van der Waals surface area contributed by atoms with Crippen LogP contribution >= 0.6 is 0 Å². The molecule has 0 aromatic heterocycles. The van der Waals surface area contributed by atoms with Gasteiger partial charge in [-0.2, -0.15) is 13.2 Å².